The first kappa shape index (κ1) is 20.0. The van der Waals surface area contributed by atoms with Crippen molar-refractivity contribution in [1.29, 1.82) is 0 Å². The molecule has 2 heterocycles. The zero-order valence-electron chi connectivity index (χ0n) is 16.3. The van der Waals surface area contributed by atoms with Gasteiger partial charge >= 0.3 is 0 Å². The third-order valence-electron chi connectivity index (χ3n) is 5.07. The molecule has 1 saturated heterocycles. The largest absolute Gasteiger partial charge is 0.490 e. The quantitative estimate of drug-likeness (QED) is 0.718. The van der Waals surface area contributed by atoms with Gasteiger partial charge in [0.25, 0.3) is 10.0 Å². The fourth-order valence-electron chi connectivity index (χ4n) is 3.47. The summed E-state index contributed by atoms with van der Waals surface area (Å²) >= 11 is 0. The highest BCUT2D eigenvalue weighted by molar-refractivity contribution is 7.92. The summed E-state index contributed by atoms with van der Waals surface area (Å²) in [4.78, 5) is 2.43. The predicted molar refractivity (Wildman–Crippen MR) is 110 cm³/mol. The Kier molecular flexibility index (Phi) is 6.22. The number of fused-ring (bicyclic) bond motifs is 1. The van der Waals surface area contributed by atoms with Crippen molar-refractivity contribution >= 4 is 15.7 Å². The molecule has 2 aromatic rings. The molecule has 0 atom stereocenters. The molecule has 0 aromatic heterocycles. The molecule has 0 spiro atoms. The highest BCUT2D eigenvalue weighted by Crippen LogP contribution is 2.34. The first-order valence-corrected chi connectivity index (χ1v) is 11.4. The van der Waals surface area contributed by atoms with Crippen molar-refractivity contribution in [2.24, 2.45) is 0 Å². The van der Waals surface area contributed by atoms with Crippen LogP contribution in [-0.4, -0.2) is 65.9 Å². The lowest BCUT2D eigenvalue weighted by atomic mass is 10.3. The standard InChI is InChI=1S/C21H26N2O5S/c24-29(25,19-7-8-20-21(17-19)28-14-4-13-27-20)23(18-5-2-1-3-6-18)10-9-22-11-15-26-16-12-22/h1-3,5-8,17H,4,9-16H2. The number of ether oxygens (including phenoxy) is 3. The minimum atomic E-state index is -3.76. The summed E-state index contributed by atoms with van der Waals surface area (Å²) < 4.78 is 45.3. The van der Waals surface area contributed by atoms with Crippen LogP contribution in [0.1, 0.15) is 6.42 Å². The van der Waals surface area contributed by atoms with Crippen molar-refractivity contribution < 1.29 is 22.6 Å². The summed E-state index contributed by atoms with van der Waals surface area (Å²) in [6.07, 6.45) is 0.770. The number of hydrogen-bond acceptors (Lipinski definition) is 6. The first-order chi connectivity index (χ1) is 14.1. The maximum absolute atomic E-state index is 13.6. The van der Waals surface area contributed by atoms with E-state index >= 15 is 0 Å². The Hall–Kier alpha value is -2.29. The molecular formula is C21H26N2O5S. The van der Waals surface area contributed by atoms with Crippen molar-refractivity contribution in [3.8, 4) is 11.5 Å². The lowest BCUT2D eigenvalue weighted by molar-refractivity contribution is 0.0395. The van der Waals surface area contributed by atoms with E-state index in [1.54, 1.807) is 18.2 Å². The van der Waals surface area contributed by atoms with Crippen LogP contribution in [-0.2, 0) is 14.8 Å². The van der Waals surface area contributed by atoms with Gasteiger partial charge in [-0.2, -0.15) is 0 Å². The van der Waals surface area contributed by atoms with Gasteiger partial charge in [-0.1, -0.05) is 18.2 Å². The van der Waals surface area contributed by atoms with Gasteiger partial charge in [0.2, 0.25) is 0 Å². The van der Waals surface area contributed by atoms with Crippen LogP contribution in [0.4, 0.5) is 5.69 Å². The van der Waals surface area contributed by atoms with Gasteiger partial charge in [-0.15, -0.1) is 0 Å². The molecule has 0 unspecified atom stereocenters. The van der Waals surface area contributed by atoms with Gasteiger partial charge in [-0.3, -0.25) is 9.21 Å². The Morgan fingerprint density at radius 1 is 0.897 bits per heavy atom. The summed E-state index contributed by atoms with van der Waals surface area (Å²) in [6.45, 7) is 5.06. The third kappa shape index (κ3) is 4.66. The van der Waals surface area contributed by atoms with E-state index in [4.69, 9.17) is 14.2 Å². The molecule has 0 aliphatic carbocycles. The van der Waals surface area contributed by atoms with Gasteiger partial charge in [-0.25, -0.2) is 8.42 Å². The summed E-state index contributed by atoms with van der Waals surface area (Å²) in [5.74, 6) is 1.06. The number of sulfonamides is 1. The summed E-state index contributed by atoms with van der Waals surface area (Å²) in [5.41, 5.74) is 0.646. The van der Waals surface area contributed by atoms with Crippen molar-refractivity contribution in [3.63, 3.8) is 0 Å². The molecule has 2 aliphatic heterocycles. The Bertz CT molecular complexity index is 914. The highest BCUT2D eigenvalue weighted by atomic mass is 32.2. The first-order valence-electron chi connectivity index (χ1n) is 9.92. The SMILES string of the molecule is O=S(=O)(c1ccc2c(c1)OCCCO2)N(CCN1CCOCC1)c1ccccc1. The minimum Gasteiger partial charge on any atom is -0.490 e. The van der Waals surface area contributed by atoms with E-state index < -0.39 is 10.0 Å². The molecule has 0 bridgehead atoms. The van der Waals surface area contributed by atoms with E-state index in [0.29, 0.717) is 56.7 Å². The second kappa shape index (κ2) is 9.02. The summed E-state index contributed by atoms with van der Waals surface area (Å²) in [6, 6.07) is 14.1. The molecule has 0 radical (unpaired) electrons. The fraction of sp³-hybridized carbons (Fsp3) is 0.429. The topological polar surface area (TPSA) is 68.3 Å². The molecular weight excluding hydrogens is 392 g/mol. The maximum Gasteiger partial charge on any atom is 0.264 e. The van der Waals surface area contributed by atoms with E-state index in [9.17, 15) is 8.42 Å². The van der Waals surface area contributed by atoms with Crippen LogP contribution < -0.4 is 13.8 Å². The van der Waals surface area contributed by atoms with E-state index in [-0.39, 0.29) is 4.90 Å². The van der Waals surface area contributed by atoms with Gasteiger partial charge in [0.05, 0.1) is 37.0 Å². The Balaban J connectivity index is 1.62. The Morgan fingerprint density at radius 2 is 1.62 bits per heavy atom. The van der Waals surface area contributed by atoms with Crippen LogP contribution in [0.3, 0.4) is 0 Å². The lowest BCUT2D eigenvalue weighted by Crippen LogP contribution is -2.43. The van der Waals surface area contributed by atoms with Crippen LogP contribution in [0, 0.1) is 0 Å². The van der Waals surface area contributed by atoms with Gasteiger partial charge in [0, 0.05) is 38.7 Å². The van der Waals surface area contributed by atoms with E-state index in [2.05, 4.69) is 4.90 Å². The van der Waals surface area contributed by atoms with Crippen LogP contribution in [0.25, 0.3) is 0 Å². The molecule has 0 N–H and O–H groups in total. The number of nitrogens with zero attached hydrogens (tertiary/aromatic N) is 2. The molecule has 2 aromatic carbocycles. The number of para-hydroxylation sites is 1. The number of benzene rings is 2. The zero-order valence-corrected chi connectivity index (χ0v) is 17.1. The average molecular weight is 419 g/mol. The minimum absolute atomic E-state index is 0.201. The van der Waals surface area contributed by atoms with Crippen LogP contribution >= 0.6 is 0 Å². The summed E-state index contributed by atoms with van der Waals surface area (Å²) in [7, 11) is -3.76. The molecule has 2 aliphatic rings. The molecule has 0 amide bonds. The smallest absolute Gasteiger partial charge is 0.264 e. The van der Waals surface area contributed by atoms with Gasteiger partial charge in [0.1, 0.15) is 0 Å². The fourth-order valence-corrected chi connectivity index (χ4v) is 4.94. The molecule has 0 saturated carbocycles. The van der Waals surface area contributed by atoms with Crippen molar-refractivity contribution in [1.82, 2.24) is 4.90 Å². The molecule has 7 nitrogen and oxygen atoms in total. The van der Waals surface area contributed by atoms with Crippen LogP contribution in [0.2, 0.25) is 0 Å². The monoisotopic (exact) mass is 418 g/mol. The van der Waals surface area contributed by atoms with Crippen molar-refractivity contribution in [2.75, 3.05) is 56.9 Å². The Morgan fingerprint density at radius 3 is 2.38 bits per heavy atom. The number of rotatable bonds is 6. The van der Waals surface area contributed by atoms with Crippen molar-refractivity contribution in [3.05, 3.63) is 48.5 Å². The lowest BCUT2D eigenvalue weighted by Gasteiger charge is -2.30. The second-order valence-electron chi connectivity index (χ2n) is 7.03. The molecule has 1 fully saturated rings. The van der Waals surface area contributed by atoms with E-state index in [1.807, 2.05) is 30.3 Å². The van der Waals surface area contributed by atoms with Crippen LogP contribution in [0.5, 0.6) is 11.5 Å². The average Bonchev–Trinajstić information content (AvgIpc) is 3.00. The van der Waals surface area contributed by atoms with Gasteiger partial charge in [0.15, 0.2) is 11.5 Å². The van der Waals surface area contributed by atoms with E-state index in [0.717, 1.165) is 19.5 Å². The summed E-state index contributed by atoms with van der Waals surface area (Å²) in [5, 5.41) is 0. The molecule has 8 heteroatoms. The highest BCUT2D eigenvalue weighted by Gasteiger charge is 2.27. The maximum atomic E-state index is 13.6. The van der Waals surface area contributed by atoms with Crippen LogP contribution in [0.15, 0.2) is 53.4 Å². The molecule has 156 valence electrons. The number of anilines is 1. The van der Waals surface area contributed by atoms with Gasteiger partial charge in [-0.05, 0) is 24.3 Å². The van der Waals surface area contributed by atoms with Gasteiger partial charge < -0.3 is 14.2 Å². The third-order valence-corrected chi connectivity index (χ3v) is 6.90. The van der Waals surface area contributed by atoms with E-state index in [1.165, 1.54) is 4.31 Å². The number of morpholine rings is 1. The van der Waals surface area contributed by atoms with Crippen molar-refractivity contribution in [2.45, 2.75) is 11.3 Å². The molecule has 29 heavy (non-hydrogen) atoms. The predicted octanol–water partition coefficient (Wildman–Crippen LogP) is 2.38. The zero-order chi connectivity index (χ0) is 20.1. The Labute approximate surface area is 171 Å². The second-order valence-corrected chi connectivity index (χ2v) is 8.89. The normalized spacial score (nSPS) is 17.5. The number of hydrogen-bond donors (Lipinski definition) is 0. The molecule has 4 rings (SSSR count).